The number of nitrogens with zero attached hydrogens (tertiary/aromatic N) is 1. The number of methoxy groups -OCH3 is 2. The van der Waals surface area contributed by atoms with Crippen molar-refractivity contribution in [2.45, 2.75) is 13.1 Å². The molecular formula is C13H11ClF3NO2. The van der Waals surface area contributed by atoms with Crippen molar-refractivity contribution in [2.75, 3.05) is 14.2 Å². The molecule has 0 saturated heterocycles. The quantitative estimate of drug-likeness (QED) is 0.832. The SMILES string of the molecule is COc1cc(OC)c2c(Cl)c(C)c(C(F)(F)F)nc2c1. The van der Waals surface area contributed by atoms with Crippen LogP contribution in [0, 0.1) is 6.92 Å². The van der Waals surface area contributed by atoms with E-state index in [4.69, 9.17) is 21.1 Å². The predicted octanol–water partition coefficient (Wildman–Crippen LogP) is 4.23. The van der Waals surface area contributed by atoms with Crippen molar-refractivity contribution in [2.24, 2.45) is 0 Å². The molecule has 2 rings (SSSR count). The van der Waals surface area contributed by atoms with Gasteiger partial charge in [-0.15, -0.1) is 0 Å². The van der Waals surface area contributed by atoms with Crippen LogP contribution in [0.25, 0.3) is 10.9 Å². The number of ether oxygens (including phenoxy) is 2. The number of fused-ring (bicyclic) bond motifs is 1. The first-order valence-corrected chi connectivity index (χ1v) is 5.96. The van der Waals surface area contributed by atoms with Gasteiger partial charge in [0.2, 0.25) is 0 Å². The van der Waals surface area contributed by atoms with Crippen molar-refractivity contribution in [1.82, 2.24) is 4.98 Å². The number of aromatic nitrogens is 1. The second-order valence-electron chi connectivity index (χ2n) is 4.12. The average Bonchev–Trinajstić information content (AvgIpc) is 2.39. The van der Waals surface area contributed by atoms with Gasteiger partial charge in [0.1, 0.15) is 17.2 Å². The molecule has 1 heterocycles. The van der Waals surface area contributed by atoms with Crippen LogP contribution in [0.2, 0.25) is 5.02 Å². The molecule has 0 fully saturated rings. The summed E-state index contributed by atoms with van der Waals surface area (Å²) in [6.45, 7) is 1.28. The van der Waals surface area contributed by atoms with Gasteiger partial charge in [0.25, 0.3) is 0 Å². The van der Waals surface area contributed by atoms with Crippen molar-refractivity contribution in [1.29, 1.82) is 0 Å². The van der Waals surface area contributed by atoms with Crippen LogP contribution >= 0.6 is 11.6 Å². The highest BCUT2D eigenvalue weighted by Gasteiger charge is 2.36. The lowest BCUT2D eigenvalue weighted by Crippen LogP contribution is -2.11. The van der Waals surface area contributed by atoms with Gasteiger partial charge >= 0.3 is 6.18 Å². The highest BCUT2D eigenvalue weighted by Crippen LogP contribution is 2.41. The summed E-state index contributed by atoms with van der Waals surface area (Å²) in [4.78, 5) is 3.65. The summed E-state index contributed by atoms with van der Waals surface area (Å²) < 4.78 is 49.0. The van der Waals surface area contributed by atoms with Crippen molar-refractivity contribution in [3.05, 3.63) is 28.4 Å². The van der Waals surface area contributed by atoms with Crippen LogP contribution in [0.5, 0.6) is 11.5 Å². The second kappa shape index (κ2) is 5.01. The van der Waals surface area contributed by atoms with Gasteiger partial charge in [0, 0.05) is 12.1 Å². The van der Waals surface area contributed by atoms with Gasteiger partial charge in [-0.05, 0) is 12.5 Å². The molecule has 0 aliphatic heterocycles. The van der Waals surface area contributed by atoms with Crippen LogP contribution in [0.1, 0.15) is 11.3 Å². The first-order valence-electron chi connectivity index (χ1n) is 5.58. The smallest absolute Gasteiger partial charge is 0.433 e. The van der Waals surface area contributed by atoms with E-state index in [9.17, 15) is 13.2 Å². The van der Waals surface area contributed by atoms with Crippen molar-refractivity contribution < 1.29 is 22.6 Å². The fraction of sp³-hybridized carbons (Fsp3) is 0.308. The minimum absolute atomic E-state index is 0.0261. The maximum atomic E-state index is 12.9. The molecule has 1 aromatic heterocycles. The lowest BCUT2D eigenvalue weighted by Gasteiger charge is -2.15. The molecule has 0 bridgehead atoms. The Bertz CT molecular complexity index is 671. The summed E-state index contributed by atoms with van der Waals surface area (Å²) in [5.74, 6) is 0.656. The Morgan fingerprint density at radius 2 is 1.80 bits per heavy atom. The van der Waals surface area contributed by atoms with E-state index < -0.39 is 11.9 Å². The predicted molar refractivity (Wildman–Crippen MR) is 69.6 cm³/mol. The first-order chi connectivity index (χ1) is 9.29. The number of halogens is 4. The highest BCUT2D eigenvalue weighted by atomic mass is 35.5. The molecular weight excluding hydrogens is 295 g/mol. The summed E-state index contributed by atoms with van der Waals surface area (Å²) in [6.07, 6.45) is -4.57. The lowest BCUT2D eigenvalue weighted by molar-refractivity contribution is -0.141. The third kappa shape index (κ3) is 2.35. The number of hydrogen-bond donors (Lipinski definition) is 0. The van der Waals surface area contributed by atoms with Gasteiger partial charge in [-0.2, -0.15) is 13.2 Å². The number of rotatable bonds is 2. The lowest BCUT2D eigenvalue weighted by atomic mass is 10.1. The second-order valence-corrected chi connectivity index (χ2v) is 4.50. The van der Waals surface area contributed by atoms with Gasteiger partial charge in [-0.1, -0.05) is 11.6 Å². The minimum Gasteiger partial charge on any atom is -0.497 e. The molecule has 108 valence electrons. The zero-order valence-corrected chi connectivity index (χ0v) is 11.7. The standard InChI is InChI=1S/C13H11ClF3NO2/c1-6-11(14)10-8(18-12(6)13(15,16)17)4-7(19-2)5-9(10)20-3/h4-5H,1-3H3. The van der Waals surface area contributed by atoms with Crippen LogP contribution < -0.4 is 9.47 Å². The number of alkyl halides is 3. The van der Waals surface area contributed by atoms with Gasteiger partial charge in [0.05, 0.1) is 30.1 Å². The molecule has 3 nitrogen and oxygen atoms in total. The van der Waals surface area contributed by atoms with E-state index in [0.29, 0.717) is 16.9 Å². The molecule has 0 atom stereocenters. The fourth-order valence-corrected chi connectivity index (χ4v) is 2.22. The minimum atomic E-state index is -4.57. The van der Waals surface area contributed by atoms with E-state index in [0.717, 1.165) is 0 Å². The van der Waals surface area contributed by atoms with Gasteiger partial charge in [-0.3, -0.25) is 0 Å². The van der Waals surface area contributed by atoms with Gasteiger partial charge in [-0.25, -0.2) is 4.98 Å². The van der Waals surface area contributed by atoms with E-state index in [1.807, 2.05) is 0 Å². The molecule has 0 spiro atoms. The molecule has 0 amide bonds. The first kappa shape index (κ1) is 14.7. The Kier molecular flexibility index (Phi) is 3.69. The number of pyridine rings is 1. The summed E-state index contributed by atoms with van der Waals surface area (Å²) in [6, 6.07) is 2.93. The van der Waals surface area contributed by atoms with Gasteiger partial charge < -0.3 is 9.47 Å². The Hall–Kier alpha value is -1.69. The van der Waals surface area contributed by atoms with E-state index in [-0.39, 0.29) is 16.1 Å². The molecule has 1 aromatic carbocycles. The number of hydrogen-bond acceptors (Lipinski definition) is 3. The summed E-state index contributed by atoms with van der Waals surface area (Å²) in [7, 11) is 2.80. The largest absolute Gasteiger partial charge is 0.497 e. The van der Waals surface area contributed by atoms with Crippen LogP contribution in [0.4, 0.5) is 13.2 Å². The monoisotopic (exact) mass is 305 g/mol. The van der Waals surface area contributed by atoms with Crippen LogP contribution in [-0.4, -0.2) is 19.2 Å². The van der Waals surface area contributed by atoms with Gasteiger partial charge in [0.15, 0.2) is 0 Å². The van der Waals surface area contributed by atoms with E-state index >= 15 is 0 Å². The van der Waals surface area contributed by atoms with Crippen LogP contribution in [0.3, 0.4) is 0 Å². The molecule has 0 unspecified atom stereocenters. The molecule has 0 aliphatic rings. The molecule has 0 saturated carbocycles. The fourth-order valence-electron chi connectivity index (χ4n) is 1.94. The molecule has 7 heteroatoms. The Balaban J connectivity index is 2.90. The molecule has 20 heavy (non-hydrogen) atoms. The summed E-state index contributed by atoms with van der Waals surface area (Å²) >= 11 is 6.06. The zero-order valence-electron chi connectivity index (χ0n) is 10.9. The maximum Gasteiger partial charge on any atom is 0.433 e. The molecule has 0 radical (unpaired) electrons. The number of benzene rings is 1. The van der Waals surface area contributed by atoms with E-state index in [1.165, 1.54) is 27.2 Å². The Morgan fingerprint density at radius 1 is 1.15 bits per heavy atom. The van der Waals surface area contributed by atoms with Crippen LogP contribution in [0.15, 0.2) is 12.1 Å². The zero-order chi connectivity index (χ0) is 15.1. The summed E-state index contributed by atoms with van der Waals surface area (Å²) in [5, 5.41) is 0.308. The van der Waals surface area contributed by atoms with Crippen molar-refractivity contribution >= 4 is 22.5 Å². The highest BCUT2D eigenvalue weighted by molar-refractivity contribution is 6.36. The average molecular weight is 306 g/mol. The summed E-state index contributed by atoms with van der Waals surface area (Å²) in [5.41, 5.74) is -1.07. The van der Waals surface area contributed by atoms with Crippen molar-refractivity contribution in [3.63, 3.8) is 0 Å². The van der Waals surface area contributed by atoms with E-state index in [1.54, 1.807) is 6.07 Å². The third-order valence-corrected chi connectivity index (χ3v) is 3.39. The normalized spacial score (nSPS) is 11.8. The molecule has 0 N–H and O–H groups in total. The van der Waals surface area contributed by atoms with E-state index in [2.05, 4.69) is 4.98 Å². The van der Waals surface area contributed by atoms with Crippen molar-refractivity contribution in [3.8, 4) is 11.5 Å². The topological polar surface area (TPSA) is 31.4 Å². The molecule has 2 aromatic rings. The maximum absolute atomic E-state index is 12.9. The van der Waals surface area contributed by atoms with Crippen LogP contribution in [-0.2, 0) is 6.18 Å². The third-order valence-electron chi connectivity index (χ3n) is 2.92. The molecule has 0 aliphatic carbocycles. The Labute approximate surface area is 118 Å². The Morgan fingerprint density at radius 3 is 2.30 bits per heavy atom.